The van der Waals surface area contributed by atoms with E-state index >= 15 is 0 Å². The molecular formula is C8H6ClF3IN. The SMILES string of the molecule is N[C@H](c1ccc(I)cc1Cl)C(F)(F)F. The Hall–Kier alpha value is -0.0100. The van der Waals surface area contributed by atoms with Crippen molar-refractivity contribution >= 4 is 34.2 Å². The van der Waals surface area contributed by atoms with Crippen LogP contribution in [0.1, 0.15) is 11.6 Å². The van der Waals surface area contributed by atoms with Gasteiger partial charge in [-0.05, 0) is 40.3 Å². The number of halogens is 5. The fourth-order valence-corrected chi connectivity index (χ4v) is 1.90. The van der Waals surface area contributed by atoms with Gasteiger partial charge in [0, 0.05) is 8.59 Å². The summed E-state index contributed by atoms with van der Waals surface area (Å²) in [5, 5.41) is 0.0433. The first-order valence-corrected chi connectivity index (χ1v) is 5.05. The van der Waals surface area contributed by atoms with Crippen molar-refractivity contribution in [2.45, 2.75) is 12.2 Å². The third-order valence-corrected chi connectivity index (χ3v) is 2.65. The molecule has 1 aromatic rings. The molecule has 0 aromatic heterocycles. The highest BCUT2D eigenvalue weighted by Crippen LogP contribution is 2.34. The van der Waals surface area contributed by atoms with E-state index in [2.05, 4.69) is 0 Å². The van der Waals surface area contributed by atoms with Gasteiger partial charge in [-0.1, -0.05) is 17.7 Å². The van der Waals surface area contributed by atoms with Crippen LogP contribution < -0.4 is 5.73 Å². The Morgan fingerprint density at radius 1 is 1.36 bits per heavy atom. The molecule has 1 rings (SSSR count). The van der Waals surface area contributed by atoms with Crippen LogP contribution in [0.5, 0.6) is 0 Å². The third-order valence-electron chi connectivity index (χ3n) is 1.65. The fourth-order valence-electron chi connectivity index (χ4n) is 0.930. The Kier molecular flexibility index (Phi) is 3.65. The molecule has 6 heteroatoms. The number of alkyl halides is 3. The molecule has 0 saturated carbocycles. The van der Waals surface area contributed by atoms with Gasteiger partial charge >= 0.3 is 6.18 Å². The zero-order valence-electron chi connectivity index (χ0n) is 6.78. The van der Waals surface area contributed by atoms with Gasteiger partial charge in [-0.2, -0.15) is 13.2 Å². The molecule has 0 radical (unpaired) electrons. The fraction of sp³-hybridized carbons (Fsp3) is 0.250. The summed E-state index contributed by atoms with van der Waals surface area (Å²) in [6.07, 6.45) is -4.46. The van der Waals surface area contributed by atoms with E-state index in [1.165, 1.54) is 18.2 Å². The predicted octanol–water partition coefficient (Wildman–Crippen LogP) is 3.51. The minimum atomic E-state index is -4.46. The summed E-state index contributed by atoms with van der Waals surface area (Å²) in [5.41, 5.74) is 4.91. The molecule has 14 heavy (non-hydrogen) atoms. The van der Waals surface area contributed by atoms with E-state index in [1.807, 2.05) is 22.6 Å². The van der Waals surface area contributed by atoms with Crippen LogP contribution in [0.15, 0.2) is 18.2 Å². The molecule has 0 aliphatic rings. The first-order chi connectivity index (χ1) is 6.32. The smallest absolute Gasteiger partial charge is 0.316 e. The van der Waals surface area contributed by atoms with Gasteiger partial charge in [-0.3, -0.25) is 0 Å². The second-order valence-electron chi connectivity index (χ2n) is 2.69. The van der Waals surface area contributed by atoms with E-state index in [-0.39, 0.29) is 10.6 Å². The molecule has 78 valence electrons. The van der Waals surface area contributed by atoms with Crippen LogP contribution in [0.25, 0.3) is 0 Å². The molecule has 0 saturated heterocycles. The highest BCUT2D eigenvalue weighted by Gasteiger charge is 2.38. The molecule has 0 bridgehead atoms. The molecule has 1 nitrogen and oxygen atoms in total. The maximum Gasteiger partial charge on any atom is 0.407 e. The number of rotatable bonds is 1. The Labute approximate surface area is 97.6 Å². The van der Waals surface area contributed by atoms with Crippen LogP contribution in [0.2, 0.25) is 5.02 Å². The average molecular weight is 335 g/mol. The molecule has 0 heterocycles. The molecule has 0 aliphatic heterocycles. The van der Waals surface area contributed by atoms with E-state index in [0.717, 1.165) is 3.57 Å². The topological polar surface area (TPSA) is 26.0 Å². The normalized spacial score (nSPS) is 14.1. The van der Waals surface area contributed by atoms with Crippen molar-refractivity contribution in [2.75, 3.05) is 0 Å². The summed E-state index contributed by atoms with van der Waals surface area (Å²) in [4.78, 5) is 0. The summed E-state index contributed by atoms with van der Waals surface area (Å²) in [6, 6.07) is 2.26. The lowest BCUT2D eigenvalue weighted by molar-refractivity contribution is -0.149. The number of hydrogen-bond donors (Lipinski definition) is 1. The second-order valence-corrected chi connectivity index (χ2v) is 4.34. The molecule has 1 aromatic carbocycles. The van der Waals surface area contributed by atoms with Crippen molar-refractivity contribution in [3.05, 3.63) is 32.4 Å². The Morgan fingerprint density at radius 3 is 2.36 bits per heavy atom. The molecule has 0 fully saturated rings. The third kappa shape index (κ3) is 2.74. The maximum atomic E-state index is 12.2. The lowest BCUT2D eigenvalue weighted by Gasteiger charge is -2.17. The van der Waals surface area contributed by atoms with Crippen LogP contribution in [0.4, 0.5) is 13.2 Å². The largest absolute Gasteiger partial charge is 0.407 e. The molecule has 0 unspecified atom stereocenters. The molecular weight excluding hydrogens is 329 g/mol. The van der Waals surface area contributed by atoms with E-state index in [9.17, 15) is 13.2 Å². The summed E-state index contributed by atoms with van der Waals surface area (Å²) in [7, 11) is 0. The van der Waals surface area contributed by atoms with Crippen LogP contribution in [0.3, 0.4) is 0 Å². The van der Waals surface area contributed by atoms with Gasteiger partial charge in [0.05, 0.1) is 0 Å². The average Bonchev–Trinajstić information content (AvgIpc) is 2.01. The Morgan fingerprint density at radius 2 is 1.93 bits per heavy atom. The van der Waals surface area contributed by atoms with Gasteiger partial charge in [0.15, 0.2) is 0 Å². The lowest BCUT2D eigenvalue weighted by atomic mass is 10.1. The standard InChI is InChI=1S/C8H6ClF3IN/c9-6-3-4(13)1-2-5(6)7(14)8(10,11)12/h1-3,7H,14H2/t7-/m1/s1. The maximum absolute atomic E-state index is 12.2. The second kappa shape index (κ2) is 4.24. The monoisotopic (exact) mass is 335 g/mol. The molecule has 0 spiro atoms. The zero-order chi connectivity index (χ0) is 10.9. The van der Waals surface area contributed by atoms with Crippen molar-refractivity contribution < 1.29 is 13.2 Å². The van der Waals surface area contributed by atoms with Gasteiger partial charge in [0.1, 0.15) is 6.04 Å². The van der Waals surface area contributed by atoms with E-state index in [0.29, 0.717) is 0 Å². The van der Waals surface area contributed by atoms with Crippen LogP contribution in [0, 0.1) is 3.57 Å². The van der Waals surface area contributed by atoms with Crippen molar-refractivity contribution in [3.8, 4) is 0 Å². The lowest BCUT2D eigenvalue weighted by Crippen LogP contribution is -2.28. The zero-order valence-corrected chi connectivity index (χ0v) is 9.69. The molecule has 0 amide bonds. The summed E-state index contributed by atoms with van der Waals surface area (Å²) in [6.45, 7) is 0. The van der Waals surface area contributed by atoms with Crippen molar-refractivity contribution in [3.63, 3.8) is 0 Å². The number of nitrogens with two attached hydrogens (primary N) is 1. The van der Waals surface area contributed by atoms with Crippen molar-refractivity contribution in [2.24, 2.45) is 5.73 Å². The first kappa shape index (κ1) is 12.1. The first-order valence-electron chi connectivity index (χ1n) is 3.59. The Bertz CT molecular complexity index is 340. The summed E-state index contributed by atoms with van der Waals surface area (Å²) < 4.78 is 37.5. The minimum Gasteiger partial charge on any atom is -0.316 e. The molecule has 2 N–H and O–H groups in total. The van der Waals surface area contributed by atoms with E-state index in [1.54, 1.807) is 0 Å². The van der Waals surface area contributed by atoms with Gasteiger partial charge in [0.2, 0.25) is 0 Å². The Balaban J connectivity index is 3.08. The predicted molar refractivity (Wildman–Crippen MR) is 57.2 cm³/mol. The van der Waals surface area contributed by atoms with E-state index in [4.69, 9.17) is 17.3 Å². The summed E-state index contributed by atoms with van der Waals surface area (Å²) >= 11 is 7.61. The molecule has 0 aliphatic carbocycles. The van der Waals surface area contributed by atoms with Gasteiger partial charge in [-0.15, -0.1) is 0 Å². The van der Waals surface area contributed by atoms with Gasteiger partial charge in [0.25, 0.3) is 0 Å². The highest BCUT2D eigenvalue weighted by molar-refractivity contribution is 14.1. The van der Waals surface area contributed by atoms with Crippen molar-refractivity contribution in [1.29, 1.82) is 0 Å². The van der Waals surface area contributed by atoms with Crippen molar-refractivity contribution in [1.82, 2.24) is 0 Å². The number of hydrogen-bond acceptors (Lipinski definition) is 1. The quantitative estimate of drug-likeness (QED) is 0.781. The minimum absolute atomic E-state index is 0.0433. The summed E-state index contributed by atoms with van der Waals surface area (Å²) in [5.74, 6) is 0. The number of benzene rings is 1. The van der Waals surface area contributed by atoms with Gasteiger partial charge in [-0.25, -0.2) is 0 Å². The van der Waals surface area contributed by atoms with Gasteiger partial charge < -0.3 is 5.73 Å². The van der Waals surface area contributed by atoms with Crippen LogP contribution >= 0.6 is 34.2 Å². The highest BCUT2D eigenvalue weighted by atomic mass is 127. The van der Waals surface area contributed by atoms with Crippen LogP contribution in [-0.4, -0.2) is 6.18 Å². The van der Waals surface area contributed by atoms with E-state index < -0.39 is 12.2 Å². The van der Waals surface area contributed by atoms with Crippen LogP contribution in [-0.2, 0) is 0 Å². The molecule has 1 atom stereocenters.